The summed E-state index contributed by atoms with van der Waals surface area (Å²) in [4.78, 5) is 68.4. The summed E-state index contributed by atoms with van der Waals surface area (Å²) in [6.07, 6.45) is -1.26. The van der Waals surface area contributed by atoms with Gasteiger partial charge in [0.15, 0.2) is 18.6 Å². The van der Waals surface area contributed by atoms with Crippen molar-refractivity contribution in [2.75, 3.05) is 27.2 Å². The molecule has 3 saturated heterocycles. The van der Waals surface area contributed by atoms with E-state index in [1.807, 2.05) is 4.98 Å². The largest absolute Gasteiger partial charge is 0.480 e. The molecular weight excluding hydrogens is 726 g/mol. The molecule has 0 saturated carbocycles. The van der Waals surface area contributed by atoms with E-state index in [0.717, 1.165) is 47.4 Å². The fourth-order valence-electron chi connectivity index (χ4n) is 7.36. The maximum absolute atomic E-state index is 14.3. The molecule has 0 bridgehead atoms. The molecule has 4 rings (SSSR count). The average Bonchev–Trinajstić information content (AvgIpc) is 3.55. The SMILES string of the molecule is CCCCCCCCCCCC=CC(=O)OC1CN(C)C(C(OC2OC(CN)C(O)C2O)C2OC(n3ccc(=O)[nH]c3=O)C(O)C2O)C(=O)N(C)C1C(=O)O. The number of aromatic amines is 1. The number of aliphatic hydroxyl groups is 4. The zero-order valence-electron chi connectivity index (χ0n) is 31.6. The van der Waals surface area contributed by atoms with Crippen molar-refractivity contribution in [1.82, 2.24) is 19.4 Å². The Balaban J connectivity index is 1.54. The summed E-state index contributed by atoms with van der Waals surface area (Å²) in [6, 6.07) is -2.26. The molecule has 3 aliphatic heterocycles. The monoisotopic (exact) mass is 783 g/mol. The van der Waals surface area contributed by atoms with E-state index < -0.39 is 103 Å². The van der Waals surface area contributed by atoms with Crippen LogP contribution in [-0.2, 0) is 33.3 Å². The predicted octanol–water partition coefficient (Wildman–Crippen LogP) is -1.44. The van der Waals surface area contributed by atoms with Gasteiger partial charge in [-0.1, -0.05) is 64.4 Å². The molecule has 0 spiro atoms. The van der Waals surface area contributed by atoms with Crippen LogP contribution in [0.15, 0.2) is 34.0 Å². The Kier molecular flexibility index (Phi) is 16.5. The maximum Gasteiger partial charge on any atom is 0.330 e. The lowest BCUT2D eigenvalue weighted by atomic mass is 9.97. The minimum atomic E-state index is -1.88. The van der Waals surface area contributed by atoms with Gasteiger partial charge in [0.1, 0.15) is 54.9 Å². The van der Waals surface area contributed by atoms with Crippen molar-refractivity contribution < 1.29 is 58.9 Å². The van der Waals surface area contributed by atoms with Gasteiger partial charge in [0, 0.05) is 38.5 Å². The van der Waals surface area contributed by atoms with Gasteiger partial charge in [-0.15, -0.1) is 0 Å². The highest BCUT2D eigenvalue weighted by Gasteiger charge is 2.57. The molecule has 19 heteroatoms. The number of carboxylic acid groups (broad SMARTS) is 1. The van der Waals surface area contributed by atoms with Gasteiger partial charge in [0.25, 0.3) is 5.56 Å². The highest BCUT2D eigenvalue weighted by molar-refractivity contribution is 5.89. The number of rotatable bonds is 19. The summed E-state index contributed by atoms with van der Waals surface area (Å²) in [6.45, 7) is 1.60. The number of carbonyl (C=O) groups excluding carboxylic acids is 2. The van der Waals surface area contributed by atoms with E-state index in [0.29, 0.717) is 6.42 Å². The number of hydrogen-bond acceptors (Lipinski definition) is 15. The number of nitrogens with two attached hydrogens (primary N) is 1. The van der Waals surface area contributed by atoms with E-state index in [-0.39, 0.29) is 13.1 Å². The molecule has 3 aliphatic rings. The third-order valence-electron chi connectivity index (χ3n) is 10.4. The Morgan fingerprint density at radius 2 is 1.62 bits per heavy atom. The van der Waals surface area contributed by atoms with Crippen molar-refractivity contribution >= 4 is 17.8 Å². The summed E-state index contributed by atoms with van der Waals surface area (Å²) < 4.78 is 24.1. The molecular formula is C36H57N5O14. The van der Waals surface area contributed by atoms with Crippen LogP contribution < -0.4 is 17.0 Å². The fourth-order valence-corrected chi connectivity index (χ4v) is 7.36. The lowest BCUT2D eigenvalue weighted by Gasteiger charge is -2.38. The molecule has 1 aromatic rings. The van der Waals surface area contributed by atoms with Crippen molar-refractivity contribution in [2.45, 2.75) is 145 Å². The van der Waals surface area contributed by atoms with E-state index in [1.54, 1.807) is 6.08 Å². The highest BCUT2D eigenvalue weighted by atomic mass is 16.7. The zero-order valence-corrected chi connectivity index (χ0v) is 31.6. The lowest BCUT2D eigenvalue weighted by molar-refractivity contribution is -0.233. The molecule has 0 aromatic carbocycles. The Hall–Kier alpha value is -3.53. The standard InChI is InChI=1S/C36H57N5O14/c1-4-5-6-7-8-9-10-11-12-13-14-15-23(43)52-21-19-39(2)25(32(48)40(3)24(21)34(49)50)30(55-35-29(47)26(44)20(18-37)53-35)31-27(45)28(46)33(54-31)41-17-16-22(42)38-36(41)51/h14-17,20-21,24-31,33,35,44-47H,4-13,18-19,37H2,1-3H3,(H,49,50)(H,38,42,51). The van der Waals surface area contributed by atoms with Crippen molar-refractivity contribution in [3.05, 3.63) is 45.3 Å². The normalized spacial score (nSPS) is 32.3. The van der Waals surface area contributed by atoms with Gasteiger partial charge in [0.2, 0.25) is 5.91 Å². The van der Waals surface area contributed by atoms with Crippen LogP contribution >= 0.6 is 0 Å². The molecule has 0 radical (unpaired) electrons. The van der Waals surface area contributed by atoms with Crippen LogP contribution in [0.3, 0.4) is 0 Å². The molecule has 1 aromatic heterocycles. The third kappa shape index (κ3) is 10.9. The smallest absolute Gasteiger partial charge is 0.330 e. The molecule has 8 N–H and O–H groups in total. The summed E-state index contributed by atoms with van der Waals surface area (Å²) in [7, 11) is 2.59. The number of H-pyrrole nitrogens is 1. The van der Waals surface area contributed by atoms with Crippen LogP contribution in [0.5, 0.6) is 0 Å². The van der Waals surface area contributed by atoms with Crippen molar-refractivity contribution in [3.63, 3.8) is 0 Å². The topological polar surface area (TPSA) is 277 Å². The van der Waals surface area contributed by atoms with Crippen molar-refractivity contribution in [3.8, 4) is 0 Å². The average molecular weight is 784 g/mol. The van der Waals surface area contributed by atoms with Crippen LogP contribution in [-0.4, -0.2) is 157 Å². The second-order valence-corrected chi connectivity index (χ2v) is 14.5. The number of aliphatic carboxylic acids is 1. The minimum absolute atomic E-state index is 0.229. The molecule has 3 fully saturated rings. The quantitative estimate of drug-likeness (QED) is 0.0481. The van der Waals surface area contributed by atoms with Crippen molar-refractivity contribution in [1.29, 1.82) is 0 Å². The van der Waals surface area contributed by atoms with Gasteiger partial charge in [-0.25, -0.2) is 14.4 Å². The molecule has 310 valence electrons. The fraction of sp³-hybridized carbons (Fsp3) is 0.750. The third-order valence-corrected chi connectivity index (χ3v) is 10.4. The van der Waals surface area contributed by atoms with Gasteiger partial charge < -0.3 is 55.1 Å². The first-order valence-electron chi connectivity index (χ1n) is 19.0. The number of unbranched alkanes of at least 4 members (excludes halogenated alkanes) is 9. The second-order valence-electron chi connectivity index (χ2n) is 14.5. The number of aromatic nitrogens is 2. The number of nitrogens with one attached hydrogen (secondary N) is 1. The molecule has 12 unspecified atom stereocenters. The highest BCUT2D eigenvalue weighted by Crippen LogP contribution is 2.36. The number of amides is 1. The maximum atomic E-state index is 14.3. The van der Waals surface area contributed by atoms with Gasteiger partial charge in [-0.2, -0.15) is 0 Å². The number of ether oxygens (including phenoxy) is 4. The molecule has 1 amide bonds. The lowest BCUT2D eigenvalue weighted by Crippen LogP contribution is -2.59. The number of carboxylic acids is 1. The molecule has 4 heterocycles. The van der Waals surface area contributed by atoms with E-state index >= 15 is 0 Å². The van der Waals surface area contributed by atoms with E-state index in [1.165, 1.54) is 57.2 Å². The van der Waals surface area contributed by atoms with Crippen LogP contribution in [0.25, 0.3) is 0 Å². The molecule has 0 aliphatic carbocycles. The van der Waals surface area contributed by atoms with Gasteiger partial charge in [-0.05, 0) is 19.9 Å². The van der Waals surface area contributed by atoms with Gasteiger partial charge in [0.05, 0.1) is 0 Å². The minimum Gasteiger partial charge on any atom is -0.480 e. The Bertz CT molecular complexity index is 1570. The van der Waals surface area contributed by atoms with E-state index in [9.17, 15) is 49.5 Å². The number of hydrogen-bond donors (Lipinski definition) is 7. The first-order valence-corrected chi connectivity index (χ1v) is 19.0. The van der Waals surface area contributed by atoms with Gasteiger partial charge in [-0.3, -0.25) is 24.0 Å². The van der Waals surface area contributed by atoms with E-state index in [4.69, 9.17) is 24.7 Å². The first-order chi connectivity index (χ1) is 26.2. The molecule has 55 heavy (non-hydrogen) atoms. The number of carbonyl (C=O) groups is 3. The van der Waals surface area contributed by atoms with Crippen LogP contribution in [0, 0.1) is 0 Å². The molecule has 19 nitrogen and oxygen atoms in total. The number of likely N-dealkylation sites (N-methyl/N-ethyl adjacent to an activating group) is 2. The summed E-state index contributed by atoms with van der Waals surface area (Å²) in [5, 5.41) is 53.9. The molecule has 12 atom stereocenters. The van der Waals surface area contributed by atoms with Crippen molar-refractivity contribution in [2.24, 2.45) is 5.73 Å². The number of esters is 1. The predicted molar refractivity (Wildman–Crippen MR) is 193 cm³/mol. The van der Waals surface area contributed by atoms with Crippen LogP contribution in [0.2, 0.25) is 0 Å². The van der Waals surface area contributed by atoms with Gasteiger partial charge >= 0.3 is 17.6 Å². The van der Waals surface area contributed by atoms with Crippen LogP contribution in [0.1, 0.15) is 77.4 Å². The zero-order chi connectivity index (χ0) is 40.4. The second kappa shape index (κ2) is 20.6. The number of allylic oxidation sites excluding steroid dienone is 1. The van der Waals surface area contributed by atoms with Crippen LogP contribution in [0.4, 0.5) is 0 Å². The summed E-state index contributed by atoms with van der Waals surface area (Å²) >= 11 is 0. The summed E-state index contributed by atoms with van der Waals surface area (Å²) in [5.41, 5.74) is 3.96. The Morgan fingerprint density at radius 1 is 0.964 bits per heavy atom. The van der Waals surface area contributed by atoms with E-state index in [2.05, 4.69) is 6.92 Å². The Labute approximate surface area is 318 Å². The Morgan fingerprint density at radius 3 is 2.22 bits per heavy atom. The first kappa shape index (κ1) is 44.2. The summed E-state index contributed by atoms with van der Waals surface area (Å²) in [5.74, 6) is -3.20. The number of nitrogens with zero attached hydrogens (tertiary/aromatic N) is 3. The number of aliphatic hydroxyl groups excluding tert-OH is 4.